The number of aryl methyl sites for hydroxylation is 2. The highest BCUT2D eigenvalue weighted by Gasteiger charge is 2.36. The molecule has 0 radical (unpaired) electrons. The first-order valence-corrected chi connectivity index (χ1v) is 6.93. The van der Waals surface area contributed by atoms with Crippen LogP contribution in [0.25, 0.3) is 0 Å². The summed E-state index contributed by atoms with van der Waals surface area (Å²) < 4.78 is 0. The van der Waals surface area contributed by atoms with Gasteiger partial charge in [0.05, 0.1) is 0 Å². The SMILES string of the molecule is CCNCC1(Cc2c(C)cccc2C)CCC1. The summed E-state index contributed by atoms with van der Waals surface area (Å²) in [5, 5.41) is 3.55. The number of benzene rings is 1. The first kappa shape index (κ1) is 12.6. The van der Waals surface area contributed by atoms with Gasteiger partial charge in [0.1, 0.15) is 0 Å². The fourth-order valence-electron chi connectivity index (χ4n) is 2.99. The number of rotatable bonds is 5. The van der Waals surface area contributed by atoms with E-state index >= 15 is 0 Å². The molecule has 0 heterocycles. The van der Waals surface area contributed by atoms with Crippen LogP contribution in [0.5, 0.6) is 0 Å². The van der Waals surface area contributed by atoms with Crippen molar-refractivity contribution >= 4 is 0 Å². The zero-order valence-electron chi connectivity index (χ0n) is 11.5. The Morgan fingerprint density at radius 1 is 1.18 bits per heavy atom. The monoisotopic (exact) mass is 231 g/mol. The van der Waals surface area contributed by atoms with Crippen LogP contribution >= 0.6 is 0 Å². The van der Waals surface area contributed by atoms with Crippen molar-refractivity contribution in [1.29, 1.82) is 0 Å². The molecule has 1 aromatic rings. The van der Waals surface area contributed by atoms with Gasteiger partial charge in [0, 0.05) is 6.54 Å². The molecular formula is C16H25N. The lowest BCUT2D eigenvalue weighted by molar-refractivity contribution is 0.130. The molecule has 17 heavy (non-hydrogen) atoms. The minimum absolute atomic E-state index is 0.548. The van der Waals surface area contributed by atoms with Crippen LogP contribution in [-0.4, -0.2) is 13.1 Å². The molecule has 0 atom stereocenters. The Morgan fingerprint density at radius 3 is 2.29 bits per heavy atom. The predicted molar refractivity (Wildman–Crippen MR) is 74.4 cm³/mol. The second-order valence-corrected chi connectivity index (χ2v) is 5.68. The molecule has 0 unspecified atom stereocenters. The summed E-state index contributed by atoms with van der Waals surface area (Å²) >= 11 is 0. The van der Waals surface area contributed by atoms with E-state index < -0.39 is 0 Å². The maximum Gasteiger partial charge on any atom is 0.00109 e. The van der Waals surface area contributed by atoms with Gasteiger partial charge >= 0.3 is 0 Å². The van der Waals surface area contributed by atoms with Gasteiger partial charge in [-0.15, -0.1) is 0 Å². The minimum atomic E-state index is 0.548. The molecule has 0 saturated heterocycles. The summed E-state index contributed by atoms with van der Waals surface area (Å²) in [7, 11) is 0. The van der Waals surface area contributed by atoms with Crippen LogP contribution < -0.4 is 5.32 Å². The molecule has 0 bridgehead atoms. The third-order valence-corrected chi connectivity index (χ3v) is 4.36. The molecule has 1 aromatic carbocycles. The van der Waals surface area contributed by atoms with E-state index in [0.29, 0.717) is 5.41 Å². The fourth-order valence-corrected chi connectivity index (χ4v) is 2.99. The lowest BCUT2D eigenvalue weighted by Gasteiger charge is -2.43. The van der Waals surface area contributed by atoms with Gasteiger partial charge in [-0.1, -0.05) is 31.5 Å². The van der Waals surface area contributed by atoms with Crippen LogP contribution in [0.1, 0.15) is 42.9 Å². The highest BCUT2D eigenvalue weighted by Crippen LogP contribution is 2.44. The Bertz CT molecular complexity index is 357. The molecule has 0 amide bonds. The topological polar surface area (TPSA) is 12.0 Å². The Kier molecular flexibility index (Phi) is 3.88. The molecule has 1 aliphatic rings. The van der Waals surface area contributed by atoms with Crippen molar-refractivity contribution in [3.05, 3.63) is 34.9 Å². The molecule has 0 aromatic heterocycles. The third kappa shape index (κ3) is 2.71. The Labute approximate surface area is 106 Å². The van der Waals surface area contributed by atoms with E-state index in [1.54, 1.807) is 5.56 Å². The van der Waals surface area contributed by atoms with E-state index in [0.717, 1.165) is 6.54 Å². The van der Waals surface area contributed by atoms with Crippen molar-refractivity contribution in [3.63, 3.8) is 0 Å². The van der Waals surface area contributed by atoms with Crippen molar-refractivity contribution in [2.45, 2.75) is 46.5 Å². The van der Waals surface area contributed by atoms with Gasteiger partial charge in [0.15, 0.2) is 0 Å². The fraction of sp³-hybridized carbons (Fsp3) is 0.625. The minimum Gasteiger partial charge on any atom is -0.316 e. The van der Waals surface area contributed by atoms with Gasteiger partial charge in [0.2, 0.25) is 0 Å². The summed E-state index contributed by atoms with van der Waals surface area (Å²) in [6, 6.07) is 6.68. The largest absolute Gasteiger partial charge is 0.316 e. The highest BCUT2D eigenvalue weighted by molar-refractivity contribution is 5.34. The molecular weight excluding hydrogens is 206 g/mol. The van der Waals surface area contributed by atoms with Gasteiger partial charge in [0.25, 0.3) is 0 Å². The molecule has 1 saturated carbocycles. The average molecular weight is 231 g/mol. The lowest BCUT2D eigenvalue weighted by atomic mass is 9.64. The Balaban J connectivity index is 2.13. The van der Waals surface area contributed by atoms with Crippen LogP contribution in [0, 0.1) is 19.3 Å². The molecule has 94 valence electrons. The standard InChI is InChI=1S/C16H25N/c1-4-17-12-16(9-6-10-16)11-15-13(2)7-5-8-14(15)3/h5,7-8,17H,4,6,9-12H2,1-3H3. The lowest BCUT2D eigenvalue weighted by Crippen LogP contribution is -2.41. The zero-order valence-corrected chi connectivity index (χ0v) is 11.5. The number of hydrogen-bond acceptors (Lipinski definition) is 1. The second kappa shape index (κ2) is 5.22. The molecule has 1 N–H and O–H groups in total. The van der Waals surface area contributed by atoms with E-state index in [2.05, 4.69) is 44.3 Å². The van der Waals surface area contributed by atoms with Crippen molar-refractivity contribution in [3.8, 4) is 0 Å². The predicted octanol–water partition coefficient (Wildman–Crippen LogP) is 3.63. The number of hydrogen-bond donors (Lipinski definition) is 1. The smallest absolute Gasteiger partial charge is 0.00109 e. The van der Waals surface area contributed by atoms with Crippen LogP contribution in [0.3, 0.4) is 0 Å². The van der Waals surface area contributed by atoms with Gasteiger partial charge in [-0.05, 0) is 61.8 Å². The molecule has 1 heteroatoms. The van der Waals surface area contributed by atoms with Crippen molar-refractivity contribution in [2.24, 2.45) is 5.41 Å². The molecule has 1 fully saturated rings. The normalized spacial score (nSPS) is 17.8. The van der Waals surface area contributed by atoms with Crippen LogP contribution in [0.15, 0.2) is 18.2 Å². The van der Waals surface area contributed by atoms with Crippen LogP contribution in [0.4, 0.5) is 0 Å². The molecule has 1 nitrogen and oxygen atoms in total. The second-order valence-electron chi connectivity index (χ2n) is 5.68. The van der Waals surface area contributed by atoms with Crippen LogP contribution in [-0.2, 0) is 6.42 Å². The summed E-state index contributed by atoms with van der Waals surface area (Å²) in [6.45, 7) is 8.99. The quantitative estimate of drug-likeness (QED) is 0.816. The summed E-state index contributed by atoms with van der Waals surface area (Å²) in [5.41, 5.74) is 5.07. The first-order chi connectivity index (χ1) is 8.17. The van der Waals surface area contributed by atoms with Crippen molar-refractivity contribution < 1.29 is 0 Å². The maximum absolute atomic E-state index is 3.55. The third-order valence-electron chi connectivity index (χ3n) is 4.36. The van der Waals surface area contributed by atoms with Gasteiger partial charge in [-0.2, -0.15) is 0 Å². The highest BCUT2D eigenvalue weighted by atomic mass is 14.9. The zero-order chi connectivity index (χ0) is 12.3. The Hall–Kier alpha value is -0.820. The molecule has 2 rings (SSSR count). The summed E-state index contributed by atoms with van der Waals surface area (Å²) in [6.07, 6.45) is 5.47. The van der Waals surface area contributed by atoms with Crippen molar-refractivity contribution in [2.75, 3.05) is 13.1 Å². The average Bonchev–Trinajstić information content (AvgIpc) is 2.26. The summed E-state index contributed by atoms with van der Waals surface area (Å²) in [4.78, 5) is 0. The number of nitrogens with one attached hydrogen (secondary N) is 1. The Morgan fingerprint density at radius 2 is 1.82 bits per heavy atom. The molecule has 0 spiro atoms. The molecule has 1 aliphatic carbocycles. The first-order valence-electron chi connectivity index (χ1n) is 6.93. The summed E-state index contributed by atoms with van der Waals surface area (Å²) in [5.74, 6) is 0. The maximum atomic E-state index is 3.55. The van der Waals surface area contributed by atoms with Gasteiger partial charge < -0.3 is 5.32 Å². The van der Waals surface area contributed by atoms with E-state index in [9.17, 15) is 0 Å². The van der Waals surface area contributed by atoms with E-state index in [1.807, 2.05) is 0 Å². The molecule has 0 aliphatic heterocycles. The van der Waals surface area contributed by atoms with Gasteiger partial charge in [-0.3, -0.25) is 0 Å². The van der Waals surface area contributed by atoms with E-state index in [1.165, 1.54) is 43.4 Å². The van der Waals surface area contributed by atoms with E-state index in [4.69, 9.17) is 0 Å². The van der Waals surface area contributed by atoms with E-state index in [-0.39, 0.29) is 0 Å². The van der Waals surface area contributed by atoms with Crippen molar-refractivity contribution in [1.82, 2.24) is 5.32 Å². The van der Waals surface area contributed by atoms with Gasteiger partial charge in [-0.25, -0.2) is 0 Å². The van der Waals surface area contributed by atoms with Crippen LogP contribution in [0.2, 0.25) is 0 Å².